The Morgan fingerprint density at radius 2 is 1.76 bits per heavy atom. The van der Waals surface area contributed by atoms with E-state index in [4.69, 9.17) is 4.98 Å². The fourth-order valence-electron chi connectivity index (χ4n) is 4.60. The summed E-state index contributed by atoms with van der Waals surface area (Å²) in [7, 11) is -3.57. The Labute approximate surface area is 221 Å². The number of hydrogen-bond donors (Lipinski definition) is 0. The maximum atomic E-state index is 13.8. The number of fused-ring (bicyclic) bond motifs is 1. The number of piperidine rings is 1. The van der Waals surface area contributed by atoms with Crippen LogP contribution in [0.3, 0.4) is 0 Å². The zero-order chi connectivity index (χ0) is 26.0. The van der Waals surface area contributed by atoms with Crippen LogP contribution in [0.15, 0.2) is 71.8 Å². The number of rotatable bonds is 7. The molecule has 1 aliphatic heterocycles. The van der Waals surface area contributed by atoms with E-state index in [9.17, 15) is 13.2 Å². The molecule has 0 saturated carbocycles. The Hall–Kier alpha value is -3.14. The SMILES string of the molecule is CC(C)c1cccc2sc(N(Cc3ccccn3)C(=O)c3ccc(S(=O)(=O)N4CCCCC4)cc3)nc12. The lowest BCUT2D eigenvalue weighted by Crippen LogP contribution is -2.35. The van der Waals surface area contributed by atoms with E-state index >= 15 is 0 Å². The summed E-state index contributed by atoms with van der Waals surface area (Å²) in [4.78, 5) is 25.0. The molecule has 0 aliphatic carbocycles. The van der Waals surface area contributed by atoms with Crippen LogP contribution >= 0.6 is 11.3 Å². The Balaban J connectivity index is 1.49. The second-order valence-corrected chi connectivity index (χ2v) is 12.5. The van der Waals surface area contributed by atoms with E-state index in [2.05, 4.69) is 24.9 Å². The van der Waals surface area contributed by atoms with Gasteiger partial charge in [-0.1, -0.05) is 49.8 Å². The highest BCUT2D eigenvalue weighted by molar-refractivity contribution is 7.89. The number of amides is 1. The van der Waals surface area contributed by atoms with Gasteiger partial charge in [0.05, 0.1) is 27.4 Å². The number of para-hydroxylation sites is 1. The van der Waals surface area contributed by atoms with Gasteiger partial charge in [-0.05, 0) is 66.8 Å². The summed E-state index contributed by atoms with van der Waals surface area (Å²) < 4.78 is 28.7. The van der Waals surface area contributed by atoms with Gasteiger partial charge in [-0.15, -0.1) is 0 Å². The molecule has 1 saturated heterocycles. The number of hydrogen-bond acceptors (Lipinski definition) is 6. The summed E-state index contributed by atoms with van der Waals surface area (Å²) in [5.74, 6) is 0.0470. The van der Waals surface area contributed by atoms with Crippen LogP contribution in [0.5, 0.6) is 0 Å². The van der Waals surface area contributed by atoms with Crippen LogP contribution in [0.2, 0.25) is 0 Å². The molecule has 4 aromatic rings. The number of benzene rings is 2. The zero-order valence-electron chi connectivity index (χ0n) is 21.0. The summed E-state index contributed by atoms with van der Waals surface area (Å²) in [5, 5.41) is 0.587. The molecule has 1 fully saturated rings. The fraction of sp³-hybridized carbons (Fsp3) is 0.321. The van der Waals surface area contributed by atoms with E-state index in [0.29, 0.717) is 29.7 Å². The second-order valence-electron chi connectivity index (χ2n) is 9.55. The first-order valence-electron chi connectivity index (χ1n) is 12.6. The fourth-order valence-corrected chi connectivity index (χ4v) is 7.11. The average molecular weight is 535 g/mol. The van der Waals surface area contributed by atoms with Crippen molar-refractivity contribution >= 4 is 42.6 Å². The summed E-state index contributed by atoms with van der Waals surface area (Å²) in [5.41, 5.74) is 3.18. The number of aromatic nitrogens is 2. The van der Waals surface area contributed by atoms with Crippen LogP contribution in [-0.4, -0.2) is 41.7 Å². The predicted octanol–water partition coefficient (Wildman–Crippen LogP) is 5.84. The maximum Gasteiger partial charge on any atom is 0.260 e. The van der Waals surface area contributed by atoms with Gasteiger partial charge in [-0.25, -0.2) is 13.4 Å². The standard InChI is InChI=1S/C28H30N4O3S2/c1-20(2)24-10-8-11-25-26(24)30-28(36-25)32(19-22-9-4-5-16-29-22)27(33)21-12-14-23(15-13-21)37(34,35)31-17-6-3-7-18-31/h4-5,8-16,20H,3,6-7,17-19H2,1-2H3. The van der Waals surface area contributed by atoms with Gasteiger partial charge >= 0.3 is 0 Å². The second kappa shape index (κ2) is 10.7. The highest BCUT2D eigenvalue weighted by Gasteiger charge is 2.27. The minimum Gasteiger partial charge on any atom is -0.278 e. The first kappa shape index (κ1) is 25.5. The Morgan fingerprint density at radius 1 is 1.00 bits per heavy atom. The number of thiazole rings is 1. The summed E-state index contributed by atoms with van der Waals surface area (Å²) in [6.07, 6.45) is 4.50. The molecule has 0 N–H and O–H groups in total. The molecule has 2 aromatic carbocycles. The number of anilines is 1. The van der Waals surface area contributed by atoms with Crippen molar-refractivity contribution < 1.29 is 13.2 Å². The Morgan fingerprint density at radius 3 is 2.43 bits per heavy atom. The minimum absolute atomic E-state index is 0.212. The van der Waals surface area contributed by atoms with Gasteiger partial charge in [0.25, 0.3) is 5.91 Å². The first-order chi connectivity index (χ1) is 17.8. The topological polar surface area (TPSA) is 83.5 Å². The number of carbonyl (C=O) groups is 1. The molecule has 3 heterocycles. The highest BCUT2D eigenvalue weighted by Crippen LogP contribution is 2.35. The monoisotopic (exact) mass is 534 g/mol. The normalized spacial score (nSPS) is 14.8. The molecule has 5 rings (SSSR count). The molecule has 9 heteroatoms. The van der Waals surface area contributed by atoms with E-state index in [0.717, 1.165) is 40.7 Å². The Bertz CT molecular complexity index is 1490. The first-order valence-corrected chi connectivity index (χ1v) is 14.8. The van der Waals surface area contributed by atoms with E-state index in [1.165, 1.54) is 27.8 Å². The predicted molar refractivity (Wildman–Crippen MR) is 148 cm³/mol. The molecule has 2 aromatic heterocycles. The van der Waals surface area contributed by atoms with Crippen molar-refractivity contribution in [2.24, 2.45) is 0 Å². The smallest absolute Gasteiger partial charge is 0.260 e. The lowest BCUT2D eigenvalue weighted by atomic mass is 10.0. The van der Waals surface area contributed by atoms with Crippen LogP contribution in [-0.2, 0) is 16.6 Å². The Kier molecular flexibility index (Phi) is 7.37. The molecule has 0 radical (unpaired) electrons. The van der Waals surface area contributed by atoms with Crippen LogP contribution in [0.4, 0.5) is 5.13 Å². The zero-order valence-corrected chi connectivity index (χ0v) is 22.6. The molecular weight excluding hydrogens is 504 g/mol. The summed E-state index contributed by atoms with van der Waals surface area (Å²) in [6.45, 7) is 5.59. The molecule has 1 aliphatic rings. The van der Waals surface area contributed by atoms with Crippen LogP contribution in [0.25, 0.3) is 10.2 Å². The number of carbonyl (C=O) groups excluding carboxylic acids is 1. The minimum atomic E-state index is -3.57. The summed E-state index contributed by atoms with van der Waals surface area (Å²) >= 11 is 1.47. The lowest BCUT2D eigenvalue weighted by Gasteiger charge is -2.26. The van der Waals surface area contributed by atoms with Crippen molar-refractivity contribution in [3.8, 4) is 0 Å². The maximum absolute atomic E-state index is 13.8. The molecule has 0 bridgehead atoms. The largest absolute Gasteiger partial charge is 0.278 e. The third-order valence-corrected chi connectivity index (χ3v) is 9.59. The van der Waals surface area contributed by atoms with Gasteiger partial charge in [0.1, 0.15) is 0 Å². The van der Waals surface area contributed by atoms with Crippen LogP contribution < -0.4 is 4.90 Å². The molecule has 0 spiro atoms. The van der Waals surface area contributed by atoms with Gasteiger partial charge in [0, 0.05) is 24.8 Å². The van der Waals surface area contributed by atoms with Gasteiger partial charge < -0.3 is 0 Å². The van der Waals surface area contributed by atoms with Crippen LogP contribution in [0.1, 0.15) is 60.6 Å². The van der Waals surface area contributed by atoms with Gasteiger partial charge in [0.15, 0.2) is 5.13 Å². The van der Waals surface area contributed by atoms with E-state index in [1.54, 1.807) is 23.2 Å². The quantitative estimate of drug-likeness (QED) is 0.298. The number of nitrogens with zero attached hydrogens (tertiary/aromatic N) is 4. The molecule has 0 unspecified atom stereocenters. The van der Waals surface area contributed by atoms with E-state index in [-0.39, 0.29) is 17.3 Å². The number of pyridine rings is 1. The molecule has 0 atom stereocenters. The van der Waals surface area contributed by atoms with Crippen LogP contribution in [0, 0.1) is 0 Å². The van der Waals surface area contributed by atoms with Crippen molar-refractivity contribution in [1.82, 2.24) is 14.3 Å². The van der Waals surface area contributed by atoms with Crippen molar-refractivity contribution in [2.75, 3.05) is 18.0 Å². The van der Waals surface area contributed by atoms with Crippen molar-refractivity contribution in [1.29, 1.82) is 0 Å². The van der Waals surface area contributed by atoms with Gasteiger partial charge in [-0.3, -0.25) is 14.7 Å². The van der Waals surface area contributed by atoms with Crippen molar-refractivity contribution in [2.45, 2.75) is 50.5 Å². The molecule has 192 valence electrons. The molecule has 7 nitrogen and oxygen atoms in total. The van der Waals surface area contributed by atoms with Crippen molar-refractivity contribution in [3.05, 3.63) is 83.7 Å². The third kappa shape index (κ3) is 5.30. The highest BCUT2D eigenvalue weighted by atomic mass is 32.2. The molecule has 1 amide bonds. The van der Waals surface area contributed by atoms with Gasteiger partial charge in [-0.2, -0.15) is 4.31 Å². The van der Waals surface area contributed by atoms with E-state index < -0.39 is 10.0 Å². The van der Waals surface area contributed by atoms with E-state index in [1.807, 2.05) is 30.3 Å². The van der Waals surface area contributed by atoms with Gasteiger partial charge in [0.2, 0.25) is 10.0 Å². The lowest BCUT2D eigenvalue weighted by molar-refractivity contribution is 0.0984. The molecule has 37 heavy (non-hydrogen) atoms. The van der Waals surface area contributed by atoms with Crippen molar-refractivity contribution in [3.63, 3.8) is 0 Å². The number of sulfonamides is 1. The average Bonchev–Trinajstić information content (AvgIpc) is 3.36. The summed E-state index contributed by atoms with van der Waals surface area (Å²) in [6, 6.07) is 18.0. The third-order valence-electron chi connectivity index (χ3n) is 6.64. The molecular formula is C28H30N4O3S2.